The number of amides is 3. The molecule has 3 amide bonds. The van der Waals surface area contributed by atoms with Gasteiger partial charge in [-0.25, -0.2) is 0 Å². The molecule has 4 N–H and O–H groups in total. The molecule has 2 aromatic heterocycles. The van der Waals surface area contributed by atoms with E-state index in [1.54, 1.807) is 16.2 Å². The zero-order valence-corrected chi connectivity index (χ0v) is 20.0. The summed E-state index contributed by atoms with van der Waals surface area (Å²) in [5, 5.41) is 15.0. The Labute approximate surface area is 201 Å². The van der Waals surface area contributed by atoms with Crippen molar-refractivity contribution in [2.45, 2.75) is 63.6 Å². The second-order valence-electron chi connectivity index (χ2n) is 9.74. The Morgan fingerprint density at radius 1 is 1.21 bits per heavy atom. The quantitative estimate of drug-likeness (QED) is 0.471. The highest BCUT2D eigenvalue weighted by atomic mass is 32.1. The summed E-state index contributed by atoms with van der Waals surface area (Å²) in [5.74, 6) is -1.59. The number of ketones is 1. The Morgan fingerprint density at radius 3 is 2.62 bits per heavy atom. The first-order chi connectivity index (χ1) is 16.4. The van der Waals surface area contributed by atoms with Gasteiger partial charge in [-0.1, -0.05) is 0 Å². The highest BCUT2D eigenvalue weighted by molar-refractivity contribution is 7.19. The maximum absolute atomic E-state index is 13.6. The molecular formula is C24H30N4O5S. The fourth-order valence-electron chi connectivity index (χ4n) is 5.88. The Morgan fingerprint density at radius 2 is 1.97 bits per heavy atom. The van der Waals surface area contributed by atoms with Crippen molar-refractivity contribution in [1.82, 2.24) is 20.5 Å². The zero-order chi connectivity index (χ0) is 24.0. The Hall–Kier alpha value is -2.72. The summed E-state index contributed by atoms with van der Waals surface area (Å²) in [7, 11) is 0. The van der Waals surface area contributed by atoms with Crippen LogP contribution in [0.3, 0.4) is 0 Å². The lowest BCUT2D eigenvalue weighted by Gasteiger charge is -2.50. The normalized spacial score (nSPS) is 27.1. The summed E-state index contributed by atoms with van der Waals surface area (Å²) in [6.45, 7) is 1.85. The molecular weight excluding hydrogens is 456 g/mol. The molecule has 2 bridgehead atoms. The van der Waals surface area contributed by atoms with Crippen molar-refractivity contribution in [1.29, 1.82) is 0 Å². The van der Waals surface area contributed by atoms with Crippen LogP contribution in [0.2, 0.25) is 0 Å². The number of piperidine rings is 2. The molecule has 4 fully saturated rings. The molecule has 5 heterocycles. The van der Waals surface area contributed by atoms with Gasteiger partial charge in [0.25, 0.3) is 5.91 Å². The minimum absolute atomic E-state index is 0.0203. The number of aromatic nitrogens is 1. The predicted octanol–water partition coefficient (Wildman–Crippen LogP) is 1.49. The number of hydrogen-bond acceptors (Lipinski definition) is 6. The van der Waals surface area contributed by atoms with Crippen LogP contribution >= 0.6 is 11.3 Å². The molecule has 3 atom stereocenters. The molecule has 6 rings (SSSR count). The maximum Gasteiger partial charge on any atom is 0.271 e. The van der Waals surface area contributed by atoms with E-state index < -0.39 is 24.5 Å². The van der Waals surface area contributed by atoms with Crippen LogP contribution in [-0.2, 0) is 14.4 Å². The van der Waals surface area contributed by atoms with Gasteiger partial charge in [-0.15, -0.1) is 11.3 Å². The standard InChI is InChI=1S/C24H30N4O5S/c1-12-8-17-20(34-12)10-18(26-17)24(33)28-15-4-2-13(3-5-15)21(28)23(32)27-16(19(30)11-29)9-14-6-7-25-22(14)31/h8,10,13-16,21,26,29H,2-7,9,11H2,1H3,(H,25,31)(H,27,32)/t13?,14-,15?,16-,21+/m1/s1. The van der Waals surface area contributed by atoms with Gasteiger partial charge in [-0.2, -0.15) is 0 Å². The SMILES string of the molecule is Cc1cc2[nH]c(C(=O)N3C4CCC(CC4)[C@H]3C(=O)N[C@H](C[C@H]3CCNC3=O)C(=O)CO)cc2s1. The van der Waals surface area contributed by atoms with Crippen LogP contribution in [0, 0.1) is 18.8 Å². The molecule has 3 aliphatic heterocycles. The average molecular weight is 487 g/mol. The van der Waals surface area contributed by atoms with Crippen molar-refractivity contribution < 1.29 is 24.3 Å². The number of H-pyrrole nitrogens is 1. The predicted molar refractivity (Wildman–Crippen MR) is 126 cm³/mol. The third-order valence-corrected chi connectivity index (χ3v) is 8.58. The number of aromatic amines is 1. The smallest absolute Gasteiger partial charge is 0.271 e. The molecule has 10 heteroatoms. The monoisotopic (exact) mass is 486 g/mol. The summed E-state index contributed by atoms with van der Waals surface area (Å²) in [5.41, 5.74) is 1.38. The van der Waals surface area contributed by atoms with Crippen LogP contribution in [0.5, 0.6) is 0 Å². The number of rotatable bonds is 7. The van der Waals surface area contributed by atoms with Crippen LogP contribution < -0.4 is 10.6 Å². The summed E-state index contributed by atoms with van der Waals surface area (Å²) in [6.07, 6.45) is 4.17. The van der Waals surface area contributed by atoms with E-state index in [0.29, 0.717) is 18.7 Å². The molecule has 2 aromatic rings. The van der Waals surface area contributed by atoms with Crippen molar-refractivity contribution in [3.05, 3.63) is 22.7 Å². The van der Waals surface area contributed by atoms with E-state index in [1.807, 2.05) is 19.1 Å². The fourth-order valence-corrected chi connectivity index (χ4v) is 6.80. The largest absolute Gasteiger partial charge is 0.389 e. The molecule has 0 unspecified atom stereocenters. The highest BCUT2D eigenvalue weighted by Gasteiger charge is 2.48. The summed E-state index contributed by atoms with van der Waals surface area (Å²) < 4.78 is 1.01. The first-order valence-corrected chi connectivity index (χ1v) is 12.8. The number of carbonyl (C=O) groups is 4. The molecule has 3 saturated heterocycles. The Kier molecular flexibility index (Phi) is 6.20. The molecule has 0 radical (unpaired) electrons. The summed E-state index contributed by atoms with van der Waals surface area (Å²) in [6, 6.07) is 2.21. The number of nitrogens with zero attached hydrogens (tertiary/aromatic N) is 1. The van der Waals surface area contributed by atoms with E-state index in [-0.39, 0.29) is 42.0 Å². The van der Waals surface area contributed by atoms with Gasteiger partial charge in [-0.3, -0.25) is 19.2 Å². The first-order valence-electron chi connectivity index (χ1n) is 12.0. The van der Waals surface area contributed by atoms with Crippen molar-refractivity contribution in [3.8, 4) is 0 Å². The van der Waals surface area contributed by atoms with Gasteiger partial charge in [0.1, 0.15) is 18.3 Å². The molecule has 0 aromatic carbocycles. The summed E-state index contributed by atoms with van der Waals surface area (Å²) in [4.78, 5) is 57.7. The van der Waals surface area contributed by atoms with E-state index >= 15 is 0 Å². The van der Waals surface area contributed by atoms with E-state index in [9.17, 15) is 24.3 Å². The van der Waals surface area contributed by atoms with Gasteiger partial charge in [-0.05, 0) is 63.5 Å². The molecule has 0 spiro atoms. The Bertz CT molecular complexity index is 1100. The number of aryl methyl sites for hydroxylation is 1. The van der Waals surface area contributed by atoms with Crippen LogP contribution in [0.4, 0.5) is 0 Å². The van der Waals surface area contributed by atoms with E-state index in [2.05, 4.69) is 15.6 Å². The number of thiophene rings is 1. The lowest BCUT2D eigenvalue weighted by atomic mass is 9.74. The van der Waals surface area contributed by atoms with E-state index in [4.69, 9.17) is 0 Å². The summed E-state index contributed by atoms with van der Waals surface area (Å²) >= 11 is 1.61. The van der Waals surface area contributed by atoms with Crippen LogP contribution in [0.15, 0.2) is 12.1 Å². The topological polar surface area (TPSA) is 132 Å². The van der Waals surface area contributed by atoms with Crippen LogP contribution in [-0.4, -0.2) is 69.8 Å². The van der Waals surface area contributed by atoms with Crippen molar-refractivity contribution in [3.63, 3.8) is 0 Å². The van der Waals surface area contributed by atoms with E-state index in [0.717, 1.165) is 40.8 Å². The van der Waals surface area contributed by atoms with E-state index in [1.165, 1.54) is 0 Å². The zero-order valence-electron chi connectivity index (χ0n) is 19.1. The Balaban J connectivity index is 1.38. The average Bonchev–Trinajstić information content (AvgIpc) is 3.52. The molecule has 1 aliphatic carbocycles. The lowest BCUT2D eigenvalue weighted by Crippen LogP contribution is -2.64. The van der Waals surface area contributed by atoms with Gasteiger partial charge in [0, 0.05) is 23.4 Å². The molecule has 4 aliphatic rings. The van der Waals surface area contributed by atoms with Gasteiger partial charge < -0.3 is 25.6 Å². The molecule has 182 valence electrons. The molecule has 9 nitrogen and oxygen atoms in total. The number of aliphatic hydroxyl groups excluding tert-OH is 1. The van der Waals surface area contributed by atoms with Crippen LogP contribution in [0.1, 0.15) is 53.9 Å². The van der Waals surface area contributed by atoms with Crippen molar-refractivity contribution >= 4 is 45.1 Å². The third-order valence-electron chi connectivity index (χ3n) is 7.59. The number of Topliss-reactive ketones (excluding diaryl/α,β-unsaturated/α-hetero) is 1. The van der Waals surface area contributed by atoms with Gasteiger partial charge in [0.15, 0.2) is 5.78 Å². The second-order valence-corrected chi connectivity index (χ2v) is 11.0. The number of aliphatic hydroxyl groups is 1. The van der Waals surface area contributed by atoms with Gasteiger partial charge in [0.2, 0.25) is 11.8 Å². The van der Waals surface area contributed by atoms with Gasteiger partial charge >= 0.3 is 0 Å². The number of fused-ring (bicyclic) bond motifs is 4. The van der Waals surface area contributed by atoms with Crippen molar-refractivity contribution in [2.24, 2.45) is 11.8 Å². The minimum Gasteiger partial charge on any atom is -0.389 e. The number of nitrogens with one attached hydrogen (secondary N) is 3. The van der Waals surface area contributed by atoms with Crippen LogP contribution in [0.25, 0.3) is 10.2 Å². The lowest BCUT2D eigenvalue weighted by molar-refractivity contribution is -0.137. The minimum atomic E-state index is -0.956. The number of carbonyl (C=O) groups excluding carboxylic acids is 4. The maximum atomic E-state index is 13.6. The molecule has 1 saturated carbocycles. The highest BCUT2D eigenvalue weighted by Crippen LogP contribution is 2.41. The van der Waals surface area contributed by atoms with Gasteiger partial charge in [0.05, 0.1) is 16.3 Å². The first kappa shape index (κ1) is 23.0. The number of hydrogen-bond donors (Lipinski definition) is 4. The molecule has 34 heavy (non-hydrogen) atoms. The third kappa shape index (κ3) is 4.13. The van der Waals surface area contributed by atoms with Crippen molar-refractivity contribution in [2.75, 3.05) is 13.2 Å². The second kappa shape index (κ2) is 9.14. The fraction of sp³-hybridized carbons (Fsp3) is 0.583.